The summed E-state index contributed by atoms with van der Waals surface area (Å²) in [6, 6.07) is 1.82. The number of nitrogens with one attached hydrogen (secondary N) is 1. The summed E-state index contributed by atoms with van der Waals surface area (Å²) in [5, 5.41) is 12.8. The van der Waals surface area contributed by atoms with Gasteiger partial charge in [0.25, 0.3) is 0 Å². The largest absolute Gasteiger partial charge is 0.395 e. The number of hydrogen-bond donors (Lipinski definition) is 2. The molecular weight excluding hydrogens is 200 g/mol. The van der Waals surface area contributed by atoms with Crippen molar-refractivity contribution in [2.75, 3.05) is 20.2 Å². The van der Waals surface area contributed by atoms with Gasteiger partial charge in [-0.15, -0.1) is 0 Å². The van der Waals surface area contributed by atoms with Gasteiger partial charge >= 0.3 is 0 Å². The third-order valence-electron chi connectivity index (χ3n) is 4.05. The highest BCUT2D eigenvalue weighted by Gasteiger charge is 2.25. The first-order chi connectivity index (χ1) is 7.79. The minimum absolute atomic E-state index is 0.287. The SMILES string of the molecule is CN(CCC(CO)NC1CC1)C1CCCC1. The maximum absolute atomic E-state index is 9.30. The second-order valence-corrected chi connectivity index (χ2v) is 5.53. The van der Waals surface area contributed by atoms with Gasteiger partial charge in [0.2, 0.25) is 0 Å². The van der Waals surface area contributed by atoms with Crippen LogP contribution < -0.4 is 5.32 Å². The topological polar surface area (TPSA) is 35.5 Å². The monoisotopic (exact) mass is 226 g/mol. The van der Waals surface area contributed by atoms with Gasteiger partial charge in [-0.2, -0.15) is 0 Å². The lowest BCUT2D eigenvalue weighted by molar-refractivity contribution is 0.194. The van der Waals surface area contributed by atoms with Crippen LogP contribution in [0.25, 0.3) is 0 Å². The standard InChI is InChI=1S/C13H26N2O/c1-15(13-4-2-3-5-13)9-8-12(10-16)14-11-6-7-11/h11-14,16H,2-10H2,1H3. The van der Waals surface area contributed by atoms with Crippen molar-refractivity contribution in [3.05, 3.63) is 0 Å². The second-order valence-electron chi connectivity index (χ2n) is 5.53. The van der Waals surface area contributed by atoms with Gasteiger partial charge in [0.15, 0.2) is 0 Å². The first-order valence-electron chi connectivity index (χ1n) is 6.86. The Balaban J connectivity index is 1.63. The molecule has 2 N–H and O–H groups in total. The summed E-state index contributed by atoms with van der Waals surface area (Å²) < 4.78 is 0. The summed E-state index contributed by atoms with van der Waals surface area (Å²) in [7, 11) is 2.24. The highest BCUT2D eigenvalue weighted by atomic mass is 16.3. The number of aliphatic hydroxyl groups is 1. The lowest BCUT2D eigenvalue weighted by Gasteiger charge is -2.26. The quantitative estimate of drug-likeness (QED) is 0.688. The third kappa shape index (κ3) is 3.72. The smallest absolute Gasteiger partial charge is 0.0585 e. The van der Waals surface area contributed by atoms with E-state index >= 15 is 0 Å². The zero-order chi connectivity index (χ0) is 11.4. The van der Waals surface area contributed by atoms with Crippen molar-refractivity contribution >= 4 is 0 Å². The molecule has 0 aliphatic heterocycles. The Bertz CT molecular complexity index is 198. The summed E-state index contributed by atoms with van der Waals surface area (Å²) in [5.74, 6) is 0. The van der Waals surface area contributed by atoms with Crippen molar-refractivity contribution in [2.24, 2.45) is 0 Å². The predicted molar refractivity (Wildman–Crippen MR) is 66.5 cm³/mol. The molecule has 2 aliphatic carbocycles. The molecule has 94 valence electrons. The van der Waals surface area contributed by atoms with Crippen molar-refractivity contribution in [1.29, 1.82) is 0 Å². The molecule has 2 rings (SSSR count). The molecular formula is C13H26N2O. The van der Waals surface area contributed by atoms with Gasteiger partial charge in [0.05, 0.1) is 6.61 Å². The van der Waals surface area contributed by atoms with E-state index in [1.807, 2.05) is 0 Å². The number of rotatable bonds is 7. The molecule has 3 nitrogen and oxygen atoms in total. The molecule has 2 fully saturated rings. The van der Waals surface area contributed by atoms with Gasteiger partial charge in [-0.25, -0.2) is 0 Å². The molecule has 0 amide bonds. The van der Waals surface area contributed by atoms with Crippen molar-refractivity contribution in [1.82, 2.24) is 10.2 Å². The van der Waals surface area contributed by atoms with Gasteiger partial charge in [-0.3, -0.25) is 0 Å². The molecule has 0 bridgehead atoms. The maximum atomic E-state index is 9.30. The Morgan fingerprint density at radius 1 is 1.25 bits per heavy atom. The fourth-order valence-corrected chi connectivity index (χ4v) is 2.70. The van der Waals surface area contributed by atoms with Crippen molar-refractivity contribution < 1.29 is 5.11 Å². The molecule has 2 saturated carbocycles. The van der Waals surface area contributed by atoms with Gasteiger partial charge < -0.3 is 15.3 Å². The molecule has 0 heterocycles. The zero-order valence-electron chi connectivity index (χ0n) is 10.5. The summed E-state index contributed by atoms with van der Waals surface area (Å²) >= 11 is 0. The molecule has 3 heteroatoms. The fourth-order valence-electron chi connectivity index (χ4n) is 2.70. The normalized spacial score (nSPS) is 24.2. The van der Waals surface area contributed by atoms with Crippen LogP contribution in [0.2, 0.25) is 0 Å². The van der Waals surface area contributed by atoms with Crippen LogP contribution in [0.15, 0.2) is 0 Å². The number of hydrogen-bond acceptors (Lipinski definition) is 3. The van der Waals surface area contributed by atoms with Crippen LogP contribution in [0, 0.1) is 0 Å². The van der Waals surface area contributed by atoms with Gasteiger partial charge in [-0.1, -0.05) is 12.8 Å². The summed E-state index contributed by atoms with van der Waals surface area (Å²) in [4.78, 5) is 2.49. The Hall–Kier alpha value is -0.120. The van der Waals surface area contributed by atoms with Crippen LogP contribution in [0.3, 0.4) is 0 Å². The van der Waals surface area contributed by atoms with E-state index in [0.717, 1.165) is 19.0 Å². The highest BCUT2D eigenvalue weighted by molar-refractivity contribution is 4.85. The van der Waals surface area contributed by atoms with Crippen LogP contribution >= 0.6 is 0 Å². The highest BCUT2D eigenvalue weighted by Crippen LogP contribution is 2.23. The Morgan fingerprint density at radius 3 is 2.50 bits per heavy atom. The second kappa shape index (κ2) is 5.99. The van der Waals surface area contributed by atoms with E-state index in [0.29, 0.717) is 12.1 Å². The lowest BCUT2D eigenvalue weighted by Crippen LogP contribution is -2.39. The van der Waals surface area contributed by atoms with E-state index in [9.17, 15) is 5.11 Å². The molecule has 2 aliphatic rings. The van der Waals surface area contributed by atoms with Crippen molar-refractivity contribution in [2.45, 2.75) is 63.1 Å². The number of aliphatic hydroxyl groups excluding tert-OH is 1. The van der Waals surface area contributed by atoms with Gasteiger partial charge in [0.1, 0.15) is 0 Å². The van der Waals surface area contributed by atoms with Crippen LogP contribution in [-0.2, 0) is 0 Å². The Morgan fingerprint density at radius 2 is 1.94 bits per heavy atom. The lowest BCUT2D eigenvalue weighted by atomic mass is 10.1. The molecule has 0 aromatic carbocycles. The summed E-state index contributed by atoms with van der Waals surface area (Å²) in [6.07, 6.45) is 9.23. The summed E-state index contributed by atoms with van der Waals surface area (Å²) in [5.41, 5.74) is 0. The third-order valence-corrected chi connectivity index (χ3v) is 4.05. The van der Waals surface area contributed by atoms with E-state index in [1.165, 1.54) is 38.5 Å². The zero-order valence-corrected chi connectivity index (χ0v) is 10.5. The first-order valence-corrected chi connectivity index (χ1v) is 6.86. The molecule has 0 aromatic rings. The van der Waals surface area contributed by atoms with E-state index in [1.54, 1.807) is 0 Å². The van der Waals surface area contributed by atoms with Crippen LogP contribution in [-0.4, -0.2) is 48.3 Å². The molecule has 0 radical (unpaired) electrons. The van der Waals surface area contributed by atoms with E-state index in [2.05, 4.69) is 17.3 Å². The molecule has 16 heavy (non-hydrogen) atoms. The Labute approximate surface area is 99.2 Å². The van der Waals surface area contributed by atoms with E-state index < -0.39 is 0 Å². The average Bonchev–Trinajstić information content (AvgIpc) is 2.94. The van der Waals surface area contributed by atoms with E-state index in [4.69, 9.17) is 0 Å². The van der Waals surface area contributed by atoms with E-state index in [-0.39, 0.29) is 6.61 Å². The maximum Gasteiger partial charge on any atom is 0.0585 e. The molecule has 0 aromatic heterocycles. The molecule has 0 saturated heterocycles. The minimum atomic E-state index is 0.287. The minimum Gasteiger partial charge on any atom is -0.395 e. The van der Waals surface area contributed by atoms with Crippen LogP contribution in [0.4, 0.5) is 0 Å². The molecule has 1 unspecified atom stereocenters. The van der Waals surface area contributed by atoms with Crippen LogP contribution in [0.5, 0.6) is 0 Å². The van der Waals surface area contributed by atoms with Gasteiger partial charge in [-0.05, 0) is 45.7 Å². The first kappa shape index (κ1) is 12.3. The van der Waals surface area contributed by atoms with Gasteiger partial charge in [0, 0.05) is 18.1 Å². The molecule has 0 spiro atoms. The van der Waals surface area contributed by atoms with Crippen molar-refractivity contribution in [3.63, 3.8) is 0 Å². The van der Waals surface area contributed by atoms with Crippen molar-refractivity contribution in [3.8, 4) is 0 Å². The van der Waals surface area contributed by atoms with Crippen LogP contribution in [0.1, 0.15) is 44.9 Å². The average molecular weight is 226 g/mol. The Kier molecular flexibility index (Phi) is 4.62. The molecule has 1 atom stereocenters. The fraction of sp³-hybridized carbons (Fsp3) is 1.00. The summed E-state index contributed by atoms with van der Waals surface area (Å²) in [6.45, 7) is 1.41. The predicted octanol–water partition coefficient (Wildman–Crippen LogP) is 1.36. The number of nitrogens with zero attached hydrogens (tertiary/aromatic N) is 1.